The van der Waals surface area contributed by atoms with Crippen LogP contribution in [0.15, 0.2) is 41.6 Å². The molecule has 1 N–H and O–H groups in total. The quantitative estimate of drug-likeness (QED) is 0.802. The van der Waals surface area contributed by atoms with Crippen molar-refractivity contribution in [3.05, 3.63) is 48.0 Å². The number of amides is 1. The van der Waals surface area contributed by atoms with Gasteiger partial charge in [-0.2, -0.15) is 0 Å². The lowest BCUT2D eigenvalue weighted by molar-refractivity contribution is 0.0930. The summed E-state index contributed by atoms with van der Waals surface area (Å²) in [7, 11) is -1.35. The number of nitrogens with one attached hydrogen (secondary N) is 1. The summed E-state index contributed by atoms with van der Waals surface area (Å²) in [4.78, 5) is 22.5. The van der Waals surface area contributed by atoms with Gasteiger partial charge in [0.15, 0.2) is 0 Å². The second kappa shape index (κ2) is 8.19. The number of nitrogens with zero attached hydrogens (tertiary/aromatic N) is 4. The Kier molecular flexibility index (Phi) is 5.90. The van der Waals surface area contributed by atoms with Crippen molar-refractivity contribution in [2.75, 3.05) is 32.1 Å². The summed E-state index contributed by atoms with van der Waals surface area (Å²) in [5.74, 6) is -0.657. The minimum atomic E-state index is -3.98. The van der Waals surface area contributed by atoms with Gasteiger partial charge in [-0.05, 0) is 37.1 Å². The fourth-order valence-corrected chi connectivity index (χ4v) is 3.97. The van der Waals surface area contributed by atoms with E-state index in [4.69, 9.17) is 0 Å². The number of carbonyl (C=O) groups excluding carboxylic acids is 1. The Balaban J connectivity index is 1.66. The van der Waals surface area contributed by atoms with Gasteiger partial charge in [-0.3, -0.25) is 4.79 Å². The lowest BCUT2D eigenvalue weighted by atomic mass is 10.0. The van der Waals surface area contributed by atoms with Crippen LogP contribution in [0.2, 0.25) is 0 Å². The molecule has 1 aromatic heterocycles. The molecule has 1 amide bonds. The molecule has 2 aromatic rings. The van der Waals surface area contributed by atoms with Crippen molar-refractivity contribution in [2.24, 2.45) is 0 Å². The zero-order chi connectivity index (χ0) is 20.3. The van der Waals surface area contributed by atoms with Crippen molar-refractivity contribution in [1.82, 2.24) is 19.6 Å². The second-order valence-corrected chi connectivity index (χ2v) is 8.84. The van der Waals surface area contributed by atoms with Crippen molar-refractivity contribution in [2.45, 2.75) is 23.8 Å². The van der Waals surface area contributed by atoms with Crippen LogP contribution in [0.1, 0.15) is 23.2 Å². The molecule has 150 valence electrons. The Morgan fingerprint density at radius 1 is 1.21 bits per heavy atom. The molecule has 0 aliphatic carbocycles. The zero-order valence-corrected chi connectivity index (χ0v) is 16.5. The molecule has 0 unspecified atom stereocenters. The summed E-state index contributed by atoms with van der Waals surface area (Å²) < 4.78 is 39.4. The van der Waals surface area contributed by atoms with Crippen molar-refractivity contribution in [3.8, 4) is 0 Å². The number of piperidine rings is 1. The van der Waals surface area contributed by atoms with Crippen LogP contribution in [0.4, 0.5) is 10.3 Å². The van der Waals surface area contributed by atoms with Gasteiger partial charge in [0.2, 0.25) is 16.0 Å². The number of halogens is 1. The molecule has 10 heteroatoms. The molecule has 1 aromatic carbocycles. The number of carbonyl (C=O) groups is 1. The number of hydrogen-bond donors (Lipinski definition) is 1. The molecule has 2 heterocycles. The van der Waals surface area contributed by atoms with E-state index in [0.29, 0.717) is 31.9 Å². The summed E-state index contributed by atoms with van der Waals surface area (Å²) in [6.45, 7) is 1.39. The predicted molar refractivity (Wildman–Crippen MR) is 102 cm³/mol. The van der Waals surface area contributed by atoms with E-state index in [2.05, 4.69) is 15.3 Å². The molecule has 0 radical (unpaired) electrons. The molecule has 3 rings (SSSR count). The highest BCUT2D eigenvalue weighted by molar-refractivity contribution is 7.89. The molecule has 1 fully saturated rings. The number of sulfonamides is 1. The highest BCUT2D eigenvalue weighted by Crippen LogP contribution is 2.20. The minimum absolute atomic E-state index is 0.0635. The maximum atomic E-state index is 14.0. The van der Waals surface area contributed by atoms with E-state index in [1.165, 1.54) is 20.2 Å². The first kappa shape index (κ1) is 20.2. The smallest absolute Gasteiger partial charge is 0.251 e. The minimum Gasteiger partial charge on any atom is -0.349 e. The van der Waals surface area contributed by atoms with Gasteiger partial charge in [-0.1, -0.05) is 0 Å². The average molecular weight is 407 g/mol. The lowest BCUT2D eigenvalue weighted by Crippen LogP contribution is -2.45. The van der Waals surface area contributed by atoms with Gasteiger partial charge in [-0.15, -0.1) is 0 Å². The summed E-state index contributed by atoms with van der Waals surface area (Å²) in [5, 5.41) is 2.90. The monoisotopic (exact) mass is 407 g/mol. The molecule has 0 saturated carbocycles. The van der Waals surface area contributed by atoms with Gasteiger partial charge < -0.3 is 10.2 Å². The Labute approximate surface area is 163 Å². The van der Waals surface area contributed by atoms with Gasteiger partial charge in [0.05, 0.1) is 0 Å². The van der Waals surface area contributed by atoms with Gasteiger partial charge >= 0.3 is 0 Å². The van der Waals surface area contributed by atoms with E-state index in [0.717, 1.165) is 16.4 Å². The fraction of sp³-hybridized carbons (Fsp3) is 0.389. The van der Waals surface area contributed by atoms with E-state index >= 15 is 0 Å². The molecule has 28 heavy (non-hydrogen) atoms. The zero-order valence-electron chi connectivity index (χ0n) is 15.7. The molecular formula is C18H22FN5O3S. The highest BCUT2D eigenvalue weighted by atomic mass is 32.2. The molecular weight excluding hydrogens is 385 g/mol. The maximum Gasteiger partial charge on any atom is 0.251 e. The third kappa shape index (κ3) is 4.28. The van der Waals surface area contributed by atoms with Crippen molar-refractivity contribution < 1.29 is 17.6 Å². The van der Waals surface area contributed by atoms with Gasteiger partial charge in [0.25, 0.3) is 5.91 Å². The Morgan fingerprint density at radius 3 is 2.46 bits per heavy atom. The average Bonchev–Trinajstić information content (AvgIpc) is 2.69. The van der Waals surface area contributed by atoms with E-state index in [1.807, 2.05) is 4.90 Å². The predicted octanol–water partition coefficient (Wildman–Crippen LogP) is 1.26. The fourth-order valence-electron chi connectivity index (χ4n) is 2.99. The van der Waals surface area contributed by atoms with Crippen LogP contribution >= 0.6 is 0 Å². The molecule has 0 bridgehead atoms. The van der Waals surface area contributed by atoms with Crippen LogP contribution in [-0.4, -0.2) is 61.8 Å². The molecule has 1 aliphatic rings. The number of rotatable bonds is 5. The summed E-state index contributed by atoms with van der Waals surface area (Å²) in [6, 6.07) is 5.05. The standard InChI is InChI=1S/C18H22FN5O3S/c1-23(2)28(26,27)16-12-13(4-5-15(16)19)17(25)22-14-6-10-24(11-7-14)18-20-8-3-9-21-18/h3-5,8-9,12,14H,6-7,10-11H2,1-2H3,(H,22,25). The Morgan fingerprint density at radius 2 is 1.86 bits per heavy atom. The third-order valence-corrected chi connectivity index (χ3v) is 6.45. The van der Waals surface area contributed by atoms with Crippen LogP contribution in [-0.2, 0) is 10.0 Å². The first-order valence-electron chi connectivity index (χ1n) is 8.84. The first-order chi connectivity index (χ1) is 13.3. The summed E-state index contributed by atoms with van der Waals surface area (Å²) >= 11 is 0. The second-order valence-electron chi connectivity index (χ2n) is 6.72. The van der Waals surface area contributed by atoms with Gasteiger partial charge in [-0.25, -0.2) is 27.1 Å². The van der Waals surface area contributed by atoms with Crippen LogP contribution in [0.5, 0.6) is 0 Å². The highest BCUT2D eigenvalue weighted by Gasteiger charge is 2.25. The van der Waals surface area contributed by atoms with Crippen molar-refractivity contribution >= 4 is 21.9 Å². The lowest BCUT2D eigenvalue weighted by Gasteiger charge is -2.32. The third-order valence-electron chi connectivity index (χ3n) is 4.62. The van der Waals surface area contributed by atoms with Crippen LogP contribution in [0.3, 0.4) is 0 Å². The first-order valence-corrected chi connectivity index (χ1v) is 10.3. The van der Waals surface area contributed by atoms with Crippen LogP contribution in [0, 0.1) is 5.82 Å². The van der Waals surface area contributed by atoms with Gasteiger partial charge in [0.1, 0.15) is 10.7 Å². The number of aromatic nitrogens is 2. The number of benzene rings is 1. The number of anilines is 1. The molecule has 8 nitrogen and oxygen atoms in total. The van der Waals surface area contributed by atoms with E-state index in [-0.39, 0.29) is 11.6 Å². The van der Waals surface area contributed by atoms with E-state index < -0.39 is 26.6 Å². The topological polar surface area (TPSA) is 95.5 Å². The van der Waals surface area contributed by atoms with Crippen molar-refractivity contribution in [1.29, 1.82) is 0 Å². The molecule has 0 spiro atoms. The van der Waals surface area contributed by atoms with Crippen molar-refractivity contribution in [3.63, 3.8) is 0 Å². The SMILES string of the molecule is CN(C)S(=O)(=O)c1cc(C(=O)NC2CCN(c3ncccn3)CC2)ccc1F. The maximum absolute atomic E-state index is 14.0. The number of hydrogen-bond acceptors (Lipinski definition) is 6. The Bertz CT molecular complexity index is 945. The molecule has 1 saturated heterocycles. The summed E-state index contributed by atoms with van der Waals surface area (Å²) in [6.07, 6.45) is 4.77. The van der Waals surface area contributed by atoms with E-state index in [9.17, 15) is 17.6 Å². The van der Waals surface area contributed by atoms with Gasteiger partial charge in [0, 0.05) is 51.2 Å². The normalized spacial score (nSPS) is 15.6. The Hall–Kier alpha value is -2.59. The summed E-state index contributed by atoms with van der Waals surface area (Å²) in [5.41, 5.74) is 0.107. The van der Waals surface area contributed by atoms with Crippen LogP contribution < -0.4 is 10.2 Å². The molecule has 0 atom stereocenters. The largest absolute Gasteiger partial charge is 0.349 e. The van der Waals surface area contributed by atoms with E-state index in [1.54, 1.807) is 18.5 Å². The molecule has 1 aliphatic heterocycles. The van der Waals surface area contributed by atoms with Crippen LogP contribution in [0.25, 0.3) is 0 Å².